The summed E-state index contributed by atoms with van der Waals surface area (Å²) in [7, 11) is 0. The zero-order valence-corrected chi connectivity index (χ0v) is 19.0. The molecule has 0 unspecified atom stereocenters. The Morgan fingerprint density at radius 2 is 1.97 bits per heavy atom. The van der Waals surface area contributed by atoms with Gasteiger partial charge >= 0.3 is 0 Å². The molecule has 0 spiro atoms. The molecule has 166 valence electrons. The number of nitrogens with one attached hydrogen (secondary N) is 1. The fraction of sp³-hybridized carbons (Fsp3) is 0.520. The number of rotatable bonds is 7. The van der Waals surface area contributed by atoms with Crippen LogP contribution in [-0.2, 0) is 6.42 Å². The highest BCUT2D eigenvalue weighted by atomic mass is 35.5. The Hall–Kier alpha value is -2.11. The Kier molecular flexibility index (Phi) is 7.46. The molecule has 2 fully saturated rings. The second-order valence-electron chi connectivity index (χ2n) is 8.83. The maximum atomic E-state index is 12.5. The van der Waals surface area contributed by atoms with Crippen LogP contribution in [0.1, 0.15) is 61.5 Å². The summed E-state index contributed by atoms with van der Waals surface area (Å²) in [6.45, 7) is 4.26. The maximum Gasteiger partial charge on any atom is 0.251 e. The van der Waals surface area contributed by atoms with Crippen molar-refractivity contribution in [1.29, 1.82) is 0 Å². The highest BCUT2D eigenvalue weighted by Crippen LogP contribution is 2.29. The van der Waals surface area contributed by atoms with Crippen LogP contribution in [-0.4, -0.2) is 47.1 Å². The Balaban J connectivity index is 1.26. The highest BCUT2D eigenvalue weighted by molar-refractivity contribution is 6.32. The monoisotopic (exact) mass is 441 g/mol. The molecule has 1 amide bonds. The molecule has 4 rings (SSSR count). The molecular formula is C25H32ClN3O2. The third-order valence-electron chi connectivity index (χ3n) is 6.51. The number of hydrogen-bond donors (Lipinski definition) is 1. The second kappa shape index (κ2) is 10.5. The summed E-state index contributed by atoms with van der Waals surface area (Å²) in [5.41, 5.74) is 1.74. The lowest BCUT2D eigenvalue weighted by molar-refractivity contribution is 0.0797. The number of hydrogen-bond acceptors (Lipinski definition) is 4. The smallest absolute Gasteiger partial charge is 0.251 e. The van der Waals surface area contributed by atoms with Crippen LogP contribution in [0.5, 0.6) is 5.75 Å². The van der Waals surface area contributed by atoms with E-state index in [4.69, 9.17) is 16.3 Å². The summed E-state index contributed by atoms with van der Waals surface area (Å²) in [5.74, 6) is 0.620. The summed E-state index contributed by atoms with van der Waals surface area (Å²) in [6.07, 6.45) is 9.42. The number of nitrogens with zero attached hydrogens (tertiary/aromatic N) is 2. The van der Waals surface area contributed by atoms with Crippen LogP contribution in [0.2, 0.25) is 5.02 Å². The lowest BCUT2D eigenvalue weighted by Crippen LogP contribution is -2.43. The SMILES string of the molecule is C[C@H](Cc1ccccn1)N1CCC(Oc2ccc(C(=O)NC3CCCC3)cc2Cl)CC1. The first kappa shape index (κ1) is 22.1. The molecule has 1 aliphatic heterocycles. The maximum absolute atomic E-state index is 12.5. The van der Waals surface area contributed by atoms with Crippen molar-refractivity contribution in [3.63, 3.8) is 0 Å². The summed E-state index contributed by atoms with van der Waals surface area (Å²) in [4.78, 5) is 19.4. The van der Waals surface area contributed by atoms with Gasteiger partial charge in [-0.15, -0.1) is 0 Å². The molecule has 1 saturated heterocycles. The molecule has 6 heteroatoms. The Bertz CT molecular complexity index is 862. The number of benzene rings is 1. The number of ether oxygens (including phenoxy) is 1. The quantitative estimate of drug-likeness (QED) is 0.665. The fourth-order valence-electron chi connectivity index (χ4n) is 4.64. The zero-order chi connectivity index (χ0) is 21.6. The first-order chi connectivity index (χ1) is 15.1. The molecule has 2 aromatic rings. The minimum atomic E-state index is -0.0458. The molecule has 0 radical (unpaired) electrons. The minimum absolute atomic E-state index is 0.0458. The van der Waals surface area contributed by atoms with Crippen molar-refractivity contribution in [2.24, 2.45) is 0 Å². The molecule has 1 aromatic carbocycles. The van der Waals surface area contributed by atoms with E-state index in [-0.39, 0.29) is 12.0 Å². The molecule has 1 aliphatic carbocycles. The van der Waals surface area contributed by atoms with Gasteiger partial charge in [-0.05, 0) is 62.9 Å². The van der Waals surface area contributed by atoms with Crippen molar-refractivity contribution in [2.45, 2.75) is 70.1 Å². The van der Waals surface area contributed by atoms with E-state index in [1.54, 1.807) is 6.07 Å². The Morgan fingerprint density at radius 3 is 2.65 bits per heavy atom. The second-order valence-corrected chi connectivity index (χ2v) is 9.23. The summed E-state index contributed by atoms with van der Waals surface area (Å²) in [6, 6.07) is 12.2. The molecule has 1 aromatic heterocycles. The largest absolute Gasteiger partial charge is 0.489 e. The third kappa shape index (κ3) is 5.98. The number of carbonyl (C=O) groups is 1. The Labute approximate surface area is 190 Å². The van der Waals surface area contributed by atoms with Gasteiger partial charge in [-0.1, -0.05) is 30.5 Å². The van der Waals surface area contributed by atoms with Gasteiger partial charge in [-0.2, -0.15) is 0 Å². The van der Waals surface area contributed by atoms with E-state index in [0.29, 0.717) is 28.4 Å². The van der Waals surface area contributed by atoms with Crippen molar-refractivity contribution in [3.05, 3.63) is 58.9 Å². The number of pyridine rings is 1. The van der Waals surface area contributed by atoms with Crippen LogP contribution >= 0.6 is 11.6 Å². The molecule has 5 nitrogen and oxygen atoms in total. The average Bonchev–Trinajstić information content (AvgIpc) is 3.29. The van der Waals surface area contributed by atoms with Gasteiger partial charge in [-0.3, -0.25) is 14.7 Å². The number of carbonyl (C=O) groups excluding carboxylic acids is 1. The predicted molar refractivity (Wildman–Crippen MR) is 124 cm³/mol. The van der Waals surface area contributed by atoms with Crippen LogP contribution in [0.4, 0.5) is 0 Å². The van der Waals surface area contributed by atoms with Crippen molar-refractivity contribution in [2.75, 3.05) is 13.1 Å². The number of halogens is 1. The fourth-order valence-corrected chi connectivity index (χ4v) is 4.87. The van der Waals surface area contributed by atoms with E-state index < -0.39 is 0 Å². The van der Waals surface area contributed by atoms with Gasteiger partial charge in [0.1, 0.15) is 11.9 Å². The first-order valence-corrected chi connectivity index (χ1v) is 11.9. The molecule has 1 N–H and O–H groups in total. The van der Waals surface area contributed by atoms with E-state index in [1.165, 1.54) is 12.8 Å². The van der Waals surface area contributed by atoms with Crippen molar-refractivity contribution in [1.82, 2.24) is 15.2 Å². The van der Waals surface area contributed by atoms with Gasteiger partial charge in [-0.25, -0.2) is 0 Å². The van der Waals surface area contributed by atoms with Crippen LogP contribution in [0.15, 0.2) is 42.6 Å². The summed E-state index contributed by atoms with van der Waals surface area (Å²) >= 11 is 6.46. The minimum Gasteiger partial charge on any atom is -0.489 e. The van der Waals surface area contributed by atoms with Gasteiger partial charge in [0.15, 0.2) is 0 Å². The number of piperidine rings is 1. The molecule has 31 heavy (non-hydrogen) atoms. The normalized spacial score (nSPS) is 19.3. The van der Waals surface area contributed by atoms with Crippen molar-refractivity contribution >= 4 is 17.5 Å². The first-order valence-electron chi connectivity index (χ1n) is 11.5. The van der Waals surface area contributed by atoms with Crippen molar-refractivity contribution in [3.8, 4) is 5.75 Å². The van der Waals surface area contributed by atoms with Crippen molar-refractivity contribution < 1.29 is 9.53 Å². The molecule has 2 heterocycles. The Morgan fingerprint density at radius 1 is 1.19 bits per heavy atom. The third-order valence-corrected chi connectivity index (χ3v) is 6.80. The van der Waals surface area contributed by atoms with Crippen LogP contribution in [0.25, 0.3) is 0 Å². The molecular weight excluding hydrogens is 410 g/mol. The average molecular weight is 442 g/mol. The zero-order valence-electron chi connectivity index (χ0n) is 18.2. The van der Waals surface area contributed by atoms with Gasteiger partial charge in [0.2, 0.25) is 0 Å². The standard InChI is InChI=1S/C25H32ClN3O2/c1-18(16-21-8-4-5-13-27-21)29-14-11-22(12-15-29)31-24-10-9-19(17-23(24)26)25(30)28-20-6-2-3-7-20/h4-5,8-10,13,17-18,20,22H,2-3,6-7,11-12,14-16H2,1H3,(H,28,30)/t18-/m1/s1. The summed E-state index contributed by atoms with van der Waals surface area (Å²) in [5, 5.41) is 3.61. The molecule has 2 aliphatic rings. The molecule has 1 saturated carbocycles. The summed E-state index contributed by atoms with van der Waals surface area (Å²) < 4.78 is 6.20. The van der Waals surface area contributed by atoms with Gasteiger partial charge in [0.25, 0.3) is 5.91 Å². The topological polar surface area (TPSA) is 54.5 Å². The van der Waals surface area contributed by atoms with Crippen LogP contribution in [0, 0.1) is 0 Å². The van der Waals surface area contributed by atoms with Crippen LogP contribution < -0.4 is 10.1 Å². The van der Waals surface area contributed by atoms with Crippen LogP contribution in [0.3, 0.4) is 0 Å². The van der Waals surface area contributed by atoms with Gasteiger partial charge in [0.05, 0.1) is 5.02 Å². The van der Waals surface area contributed by atoms with E-state index in [1.807, 2.05) is 30.5 Å². The number of likely N-dealkylation sites (tertiary alicyclic amines) is 1. The van der Waals surface area contributed by atoms with E-state index in [2.05, 4.69) is 28.2 Å². The predicted octanol–water partition coefficient (Wildman–Crippen LogP) is 4.88. The van der Waals surface area contributed by atoms with E-state index >= 15 is 0 Å². The lowest BCUT2D eigenvalue weighted by Gasteiger charge is -2.36. The van der Waals surface area contributed by atoms with E-state index in [9.17, 15) is 4.79 Å². The lowest BCUT2D eigenvalue weighted by atomic mass is 10.0. The molecule has 0 bridgehead atoms. The number of amides is 1. The van der Waals surface area contributed by atoms with Gasteiger partial charge in [0, 0.05) is 49.0 Å². The highest BCUT2D eigenvalue weighted by Gasteiger charge is 2.25. The van der Waals surface area contributed by atoms with Gasteiger partial charge < -0.3 is 10.1 Å². The molecule has 1 atom stereocenters. The van der Waals surface area contributed by atoms with E-state index in [0.717, 1.165) is 50.9 Å². The number of aromatic nitrogens is 1.